The van der Waals surface area contributed by atoms with E-state index in [9.17, 15) is 18.0 Å². The van der Waals surface area contributed by atoms with Crippen LogP contribution in [0.15, 0.2) is 73.1 Å². The first-order chi connectivity index (χ1) is 17.7. The quantitative estimate of drug-likeness (QED) is 0.343. The minimum atomic E-state index is -4.41. The van der Waals surface area contributed by atoms with Gasteiger partial charge in [0.15, 0.2) is 0 Å². The Kier molecular flexibility index (Phi) is 6.60. The number of halogens is 3. The highest BCUT2D eigenvalue weighted by molar-refractivity contribution is 6.09. The fraction of sp³-hybridized carbons (Fsp3) is 0.241. The molecule has 8 heteroatoms. The smallest absolute Gasteiger partial charge is 0.337 e. The summed E-state index contributed by atoms with van der Waals surface area (Å²) in [5.74, 6) is 0.673. The van der Waals surface area contributed by atoms with Gasteiger partial charge in [0.1, 0.15) is 5.82 Å². The number of anilines is 1. The van der Waals surface area contributed by atoms with Crippen molar-refractivity contribution in [2.45, 2.75) is 38.5 Å². The van der Waals surface area contributed by atoms with Gasteiger partial charge in [-0.15, -0.1) is 0 Å². The van der Waals surface area contributed by atoms with Crippen molar-refractivity contribution in [3.63, 3.8) is 0 Å². The molecule has 2 N–H and O–H groups in total. The number of nitrogens with one attached hydrogen (secondary N) is 2. The van der Waals surface area contributed by atoms with Gasteiger partial charge in [0.25, 0.3) is 5.91 Å². The van der Waals surface area contributed by atoms with Crippen molar-refractivity contribution in [2.75, 3.05) is 5.32 Å². The lowest BCUT2D eigenvalue weighted by Crippen LogP contribution is -2.30. The van der Waals surface area contributed by atoms with Crippen molar-refractivity contribution in [3.8, 4) is 11.1 Å². The second-order valence-corrected chi connectivity index (χ2v) is 9.45. The predicted octanol–water partition coefficient (Wildman–Crippen LogP) is 5.92. The maximum atomic E-state index is 13.3. The topological polar surface area (TPSA) is 59.0 Å². The highest BCUT2D eigenvalue weighted by Gasteiger charge is 2.30. The summed E-state index contributed by atoms with van der Waals surface area (Å²) in [6.07, 6.45) is 1.05. The van der Waals surface area contributed by atoms with Crippen LogP contribution in [0.5, 0.6) is 0 Å². The molecule has 3 aromatic carbocycles. The molecule has 0 fully saturated rings. The first-order valence-corrected chi connectivity index (χ1v) is 12.1. The molecule has 1 heterocycles. The normalized spacial score (nSPS) is 15.0. The average molecular weight is 505 g/mol. The van der Waals surface area contributed by atoms with Gasteiger partial charge in [0.05, 0.1) is 12.1 Å². The molecule has 190 valence electrons. The molecule has 1 unspecified atom stereocenters. The number of nitrogens with zero attached hydrogens (tertiary/aromatic N) is 2. The number of aromatic nitrogens is 2. The summed E-state index contributed by atoms with van der Waals surface area (Å²) in [6.45, 7) is 2.53. The summed E-state index contributed by atoms with van der Waals surface area (Å²) in [4.78, 5) is 17.7. The van der Waals surface area contributed by atoms with Gasteiger partial charge < -0.3 is 15.2 Å². The Hall–Kier alpha value is -3.91. The number of aryl methyl sites for hydroxylation is 2. The second kappa shape index (κ2) is 9.86. The van der Waals surface area contributed by atoms with Crippen molar-refractivity contribution in [1.29, 1.82) is 0 Å². The van der Waals surface area contributed by atoms with Crippen molar-refractivity contribution < 1.29 is 18.0 Å². The SMILES string of the molecule is Cc1cccc(C(=O)Nc2ccc3c(c2)CC(NCc2nccn2C)C3)c1-c1ccc(C(F)(F)F)cc1. The molecule has 0 bridgehead atoms. The Labute approximate surface area is 213 Å². The number of alkyl halides is 3. The fourth-order valence-corrected chi connectivity index (χ4v) is 4.91. The zero-order chi connectivity index (χ0) is 26.2. The van der Waals surface area contributed by atoms with Gasteiger partial charge in [-0.25, -0.2) is 4.98 Å². The third kappa shape index (κ3) is 5.29. The Bertz CT molecular complexity index is 1440. The molecule has 1 aromatic heterocycles. The van der Waals surface area contributed by atoms with Gasteiger partial charge in [-0.05, 0) is 77.9 Å². The molecule has 0 spiro atoms. The lowest BCUT2D eigenvalue weighted by molar-refractivity contribution is -0.137. The number of amides is 1. The first-order valence-electron chi connectivity index (χ1n) is 12.1. The van der Waals surface area contributed by atoms with Crippen LogP contribution < -0.4 is 10.6 Å². The third-order valence-corrected chi connectivity index (χ3v) is 6.88. The van der Waals surface area contributed by atoms with E-state index in [1.54, 1.807) is 18.3 Å². The number of rotatable bonds is 6. The zero-order valence-electron chi connectivity index (χ0n) is 20.6. The van der Waals surface area contributed by atoms with Gasteiger partial charge in [-0.3, -0.25) is 4.79 Å². The van der Waals surface area contributed by atoms with Crippen LogP contribution in [-0.4, -0.2) is 21.5 Å². The molecule has 5 rings (SSSR count). The number of benzene rings is 3. The zero-order valence-corrected chi connectivity index (χ0v) is 20.6. The highest BCUT2D eigenvalue weighted by atomic mass is 19.4. The molecule has 1 aliphatic carbocycles. The Morgan fingerprint density at radius 2 is 1.81 bits per heavy atom. The van der Waals surface area contributed by atoms with E-state index in [4.69, 9.17) is 0 Å². The molecule has 1 aliphatic rings. The summed E-state index contributed by atoms with van der Waals surface area (Å²) in [6, 6.07) is 16.5. The van der Waals surface area contributed by atoms with Crippen LogP contribution in [0.2, 0.25) is 0 Å². The van der Waals surface area contributed by atoms with Crippen LogP contribution in [-0.2, 0) is 32.6 Å². The molecule has 0 saturated carbocycles. The lowest BCUT2D eigenvalue weighted by Gasteiger charge is -2.15. The summed E-state index contributed by atoms with van der Waals surface area (Å²) in [5, 5.41) is 6.55. The van der Waals surface area contributed by atoms with Gasteiger partial charge in [0.2, 0.25) is 0 Å². The highest BCUT2D eigenvalue weighted by Crippen LogP contribution is 2.34. The lowest BCUT2D eigenvalue weighted by atomic mass is 9.93. The van der Waals surface area contributed by atoms with Crippen LogP contribution >= 0.6 is 0 Å². The Morgan fingerprint density at radius 1 is 1.05 bits per heavy atom. The number of fused-ring (bicyclic) bond motifs is 1. The predicted molar refractivity (Wildman–Crippen MR) is 137 cm³/mol. The minimum Gasteiger partial charge on any atom is -0.337 e. The maximum Gasteiger partial charge on any atom is 0.416 e. The molecule has 37 heavy (non-hydrogen) atoms. The number of carbonyl (C=O) groups is 1. The summed E-state index contributed by atoms with van der Waals surface area (Å²) >= 11 is 0. The van der Waals surface area contributed by atoms with Crippen LogP contribution in [0.4, 0.5) is 18.9 Å². The first kappa shape index (κ1) is 24.8. The van der Waals surface area contributed by atoms with Gasteiger partial charge in [0, 0.05) is 36.7 Å². The van der Waals surface area contributed by atoms with E-state index >= 15 is 0 Å². The molecule has 1 amide bonds. The number of hydrogen-bond acceptors (Lipinski definition) is 3. The van der Waals surface area contributed by atoms with Crippen LogP contribution in [0, 0.1) is 6.92 Å². The molecule has 4 aromatic rings. The van der Waals surface area contributed by atoms with Crippen molar-refractivity contribution in [1.82, 2.24) is 14.9 Å². The molecule has 0 aliphatic heterocycles. The van der Waals surface area contributed by atoms with E-state index in [-0.39, 0.29) is 5.91 Å². The van der Waals surface area contributed by atoms with Gasteiger partial charge in [-0.2, -0.15) is 13.2 Å². The van der Waals surface area contributed by atoms with E-state index in [0.29, 0.717) is 35.0 Å². The van der Waals surface area contributed by atoms with Gasteiger partial charge in [-0.1, -0.05) is 30.3 Å². The van der Waals surface area contributed by atoms with Crippen LogP contribution in [0.25, 0.3) is 11.1 Å². The van der Waals surface area contributed by atoms with Crippen LogP contribution in [0.3, 0.4) is 0 Å². The number of carbonyl (C=O) groups excluding carboxylic acids is 1. The number of hydrogen-bond donors (Lipinski definition) is 2. The molecule has 0 radical (unpaired) electrons. The second-order valence-electron chi connectivity index (χ2n) is 9.45. The van der Waals surface area contributed by atoms with E-state index in [0.717, 1.165) is 36.4 Å². The summed E-state index contributed by atoms with van der Waals surface area (Å²) in [5.41, 5.74) is 4.80. The fourth-order valence-electron chi connectivity index (χ4n) is 4.91. The largest absolute Gasteiger partial charge is 0.416 e. The van der Waals surface area contributed by atoms with E-state index in [1.165, 1.54) is 23.3 Å². The van der Waals surface area contributed by atoms with Gasteiger partial charge >= 0.3 is 6.18 Å². The minimum absolute atomic E-state index is 0.292. The summed E-state index contributed by atoms with van der Waals surface area (Å²) < 4.78 is 41.1. The van der Waals surface area contributed by atoms with Crippen molar-refractivity contribution in [2.24, 2.45) is 7.05 Å². The average Bonchev–Trinajstić information content (AvgIpc) is 3.47. The molecular weight excluding hydrogens is 477 g/mol. The molecular formula is C29H27F3N4O. The van der Waals surface area contributed by atoms with Crippen LogP contribution in [0.1, 0.15) is 38.4 Å². The molecule has 1 atom stereocenters. The molecule has 5 nitrogen and oxygen atoms in total. The van der Waals surface area contributed by atoms with E-state index < -0.39 is 11.7 Å². The van der Waals surface area contributed by atoms with Crippen molar-refractivity contribution in [3.05, 3.63) is 107 Å². The summed E-state index contributed by atoms with van der Waals surface area (Å²) in [7, 11) is 1.97. The Balaban J connectivity index is 1.31. The van der Waals surface area contributed by atoms with E-state index in [2.05, 4.69) is 15.6 Å². The molecule has 0 saturated heterocycles. The maximum absolute atomic E-state index is 13.3. The monoisotopic (exact) mass is 504 g/mol. The van der Waals surface area contributed by atoms with E-state index in [1.807, 2.05) is 49.0 Å². The Morgan fingerprint density at radius 3 is 2.51 bits per heavy atom. The number of imidazole rings is 1. The van der Waals surface area contributed by atoms with Crippen molar-refractivity contribution >= 4 is 11.6 Å². The standard InChI is InChI=1S/C29H27F3N4O/c1-18-4-3-5-25(27(18)19-6-9-22(10-7-19)29(30,31)32)28(37)35-23-11-8-20-14-24(16-21(20)15-23)34-17-26-33-12-13-36(26)2/h3-13,15,24,34H,14,16-17H2,1-2H3,(H,35,37). The third-order valence-electron chi connectivity index (χ3n) is 6.88.